The normalized spacial score (nSPS) is 15.8. The first-order valence-corrected chi connectivity index (χ1v) is 14.6. The van der Waals surface area contributed by atoms with Gasteiger partial charge in [0.2, 0.25) is 0 Å². The maximum Gasteiger partial charge on any atom is 0.407 e. The molecule has 5 rings (SSSR count). The third-order valence-electron chi connectivity index (χ3n) is 7.97. The molecule has 9 nitrogen and oxygen atoms in total. The van der Waals surface area contributed by atoms with Crippen LogP contribution in [-0.4, -0.2) is 52.4 Å². The number of amides is 2. The molecular weight excluding hydrogens is 535 g/mol. The molecule has 0 saturated carbocycles. The highest BCUT2D eigenvalue weighted by molar-refractivity contribution is 6.08. The van der Waals surface area contributed by atoms with Crippen LogP contribution in [-0.2, 0) is 24.9 Å². The van der Waals surface area contributed by atoms with Gasteiger partial charge in [0.25, 0.3) is 5.91 Å². The van der Waals surface area contributed by atoms with Gasteiger partial charge in [0.15, 0.2) is 0 Å². The minimum absolute atomic E-state index is 0.0431. The number of carbonyl (C=O) groups excluding carboxylic acids is 2. The standard InChI is InChI=1S/C32H41FN6O3/c1-21-6-9-28-27(16-21)36-29-23(19-35-37(29)5)20-39(28)30(40)25-8-7-22(17-26(25)33)18-34-31(41)42-24-10-13-38(14-11-24)15-12-32(2,3)4/h6-9,16-17,19,24,36H,10-15,18,20H2,1-5H3,(H,34,41). The second-order valence-electron chi connectivity index (χ2n) is 12.6. The first-order chi connectivity index (χ1) is 20.0. The number of aryl methyl sites for hydroxylation is 2. The van der Waals surface area contributed by atoms with E-state index in [9.17, 15) is 9.59 Å². The van der Waals surface area contributed by atoms with Gasteiger partial charge >= 0.3 is 6.09 Å². The fourth-order valence-electron chi connectivity index (χ4n) is 5.41. The molecule has 10 heteroatoms. The summed E-state index contributed by atoms with van der Waals surface area (Å²) in [7, 11) is 1.83. The average Bonchev–Trinajstić information content (AvgIpc) is 3.19. The van der Waals surface area contributed by atoms with E-state index in [1.54, 1.807) is 21.8 Å². The zero-order valence-corrected chi connectivity index (χ0v) is 25.2. The Bertz CT molecular complexity index is 1450. The van der Waals surface area contributed by atoms with Crippen LogP contribution in [0.15, 0.2) is 42.6 Å². The van der Waals surface area contributed by atoms with Crippen molar-refractivity contribution in [3.05, 3.63) is 70.7 Å². The van der Waals surface area contributed by atoms with Gasteiger partial charge in [0.1, 0.15) is 17.7 Å². The molecule has 2 aliphatic heterocycles. The predicted molar refractivity (Wildman–Crippen MR) is 161 cm³/mol. The Morgan fingerprint density at radius 3 is 2.62 bits per heavy atom. The lowest BCUT2D eigenvalue weighted by Crippen LogP contribution is -2.40. The number of hydrogen-bond acceptors (Lipinski definition) is 6. The molecule has 1 saturated heterocycles. The van der Waals surface area contributed by atoms with Gasteiger partial charge in [-0.1, -0.05) is 32.9 Å². The number of piperidine rings is 1. The number of benzene rings is 2. The van der Waals surface area contributed by atoms with E-state index < -0.39 is 17.8 Å². The number of nitrogens with zero attached hydrogens (tertiary/aromatic N) is 4. The van der Waals surface area contributed by atoms with Gasteiger partial charge in [0, 0.05) is 32.2 Å². The molecule has 0 bridgehead atoms. The largest absolute Gasteiger partial charge is 0.446 e. The SMILES string of the molecule is Cc1ccc2c(c1)Nc1c(cnn1C)CN2C(=O)c1ccc(CNC(=O)OC2CCN(CCC(C)(C)C)CC2)cc1F. The van der Waals surface area contributed by atoms with Crippen LogP contribution in [0.1, 0.15) is 67.1 Å². The Kier molecular flexibility index (Phi) is 8.54. The number of rotatable bonds is 6. The van der Waals surface area contributed by atoms with Crippen LogP contribution < -0.4 is 15.5 Å². The van der Waals surface area contributed by atoms with Crippen molar-refractivity contribution >= 4 is 29.2 Å². The van der Waals surface area contributed by atoms with Crippen molar-refractivity contribution in [2.75, 3.05) is 29.9 Å². The molecule has 2 aliphatic rings. The van der Waals surface area contributed by atoms with Crippen LogP contribution in [0.5, 0.6) is 0 Å². The molecule has 0 aliphatic carbocycles. The fraction of sp³-hybridized carbons (Fsp3) is 0.469. The summed E-state index contributed by atoms with van der Waals surface area (Å²) in [5, 5.41) is 10.4. The molecular formula is C32H41FN6O3. The minimum Gasteiger partial charge on any atom is -0.446 e. The summed E-state index contributed by atoms with van der Waals surface area (Å²) in [5.41, 5.74) is 4.07. The van der Waals surface area contributed by atoms with Crippen molar-refractivity contribution in [1.82, 2.24) is 20.0 Å². The summed E-state index contributed by atoms with van der Waals surface area (Å²) in [5.74, 6) is -0.312. The van der Waals surface area contributed by atoms with Crippen molar-refractivity contribution in [3.63, 3.8) is 0 Å². The number of anilines is 3. The number of hydrogen-bond donors (Lipinski definition) is 2. The Hall–Kier alpha value is -3.92. The topological polar surface area (TPSA) is 91.7 Å². The van der Waals surface area contributed by atoms with E-state index in [0.717, 1.165) is 61.5 Å². The molecule has 224 valence electrons. The number of carbonyl (C=O) groups is 2. The van der Waals surface area contributed by atoms with E-state index in [0.29, 0.717) is 16.7 Å². The molecule has 3 aromatic rings. The second kappa shape index (κ2) is 12.1. The molecule has 0 atom stereocenters. The van der Waals surface area contributed by atoms with E-state index in [2.05, 4.69) is 41.4 Å². The molecule has 2 amide bonds. The Morgan fingerprint density at radius 2 is 1.90 bits per heavy atom. The zero-order valence-electron chi connectivity index (χ0n) is 25.2. The summed E-state index contributed by atoms with van der Waals surface area (Å²) in [6.45, 7) is 11.9. The van der Waals surface area contributed by atoms with Crippen LogP contribution in [0.25, 0.3) is 0 Å². The molecule has 1 fully saturated rings. The summed E-state index contributed by atoms with van der Waals surface area (Å²) in [6, 6.07) is 10.2. The summed E-state index contributed by atoms with van der Waals surface area (Å²) in [6.07, 6.45) is 3.81. The van der Waals surface area contributed by atoms with Crippen LogP contribution >= 0.6 is 0 Å². The van der Waals surface area contributed by atoms with Crippen molar-refractivity contribution in [2.24, 2.45) is 12.5 Å². The Labute approximate surface area is 247 Å². The monoisotopic (exact) mass is 576 g/mol. The predicted octanol–water partition coefficient (Wildman–Crippen LogP) is 5.90. The number of nitrogens with one attached hydrogen (secondary N) is 2. The molecule has 0 unspecified atom stereocenters. The number of halogens is 1. The number of fused-ring (bicyclic) bond motifs is 2. The van der Waals surface area contributed by atoms with Crippen LogP contribution in [0.3, 0.4) is 0 Å². The summed E-state index contributed by atoms with van der Waals surface area (Å²) < 4.78 is 22.7. The van der Waals surface area contributed by atoms with Gasteiger partial charge in [-0.25, -0.2) is 9.18 Å². The number of likely N-dealkylation sites (tertiary alicyclic amines) is 1. The van der Waals surface area contributed by atoms with Crippen molar-refractivity contribution in [1.29, 1.82) is 0 Å². The van der Waals surface area contributed by atoms with E-state index in [1.165, 1.54) is 12.1 Å². The number of alkyl carbamates (subject to hydrolysis) is 1. The van der Waals surface area contributed by atoms with E-state index in [1.807, 2.05) is 32.2 Å². The lowest BCUT2D eigenvalue weighted by atomic mass is 9.91. The van der Waals surface area contributed by atoms with Gasteiger partial charge in [-0.15, -0.1) is 0 Å². The third-order valence-corrected chi connectivity index (χ3v) is 7.97. The highest BCUT2D eigenvalue weighted by atomic mass is 19.1. The van der Waals surface area contributed by atoms with Crippen molar-refractivity contribution in [2.45, 2.75) is 66.2 Å². The lowest BCUT2D eigenvalue weighted by Gasteiger charge is -2.33. The molecule has 42 heavy (non-hydrogen) atoms. The van der Waals surface area contributed by atoms with E-state index in [4.69, 9.17) is 4.74 Å². The van der Waals surface area contributed by atoms with Crippen LogP contribution in [0.2, 0.25) is 0 Å². The molecule has 2 aromatic carbocycles. The highest BCUT2D eigenvalue weighted by Crippen LogP contribution is 2.37. The minimum atomic E-state index is -0.646. The van der Waals surface area contributed by atoms with E-state index >= 15 is 4.39 Å². The van der Waals surface area contributed by atoms with Crippen molar-refractivity contribution in [3.8, 4) is 0 Å². The summed E-state index contributed by atoms with van der Waals surface area (Å²) in [4.78, 5) is 30.1. The van der Waals surface area contributed by atoms with Gasteiger partial charge in [-0.05, 0) is 73.5 Å². The first-order valence-electron chi connectivity index (χ1n) is 14.6. The Balaban J connectivity index is 1.19. The fourth-order valence-corrected chi connectivity index (χ4v) is 5.41. The van der Waals surface area contributed by atoms with Gasteiger partial charge in [0.05, 0.1) is 29.7 Å². The molecule has 1 aromatic heterocycles. The van der Waals surface area contributed by atoms with Crippen molar-refractivity contribution < 1.29 is 18.7 Å². The van der Waals surface area contributed by atoms with Crippen LogP contribution in [0.4, 0.5) is 26.4 Å². The smallest absolute Gasteiger partial charge is 0.407 e. The Morgan fingerprint density at radius 1 is 1.14 bits per heavy atom. The maximum absolute atomic E-state index is 15.3. The highest BCUT2D eigenvalue weighted by Gasteiger charge is 2.29. The lowest BCUT2D eigenvalue weighted by molar-refractivity contribution is 0.0479. The third kappa shape index (κ3) is 6.92. The maximum atomic E-state index is 15.3. The summed E-state index contributed by atoms with van der Waals surface area (Å²) >= 11 is 0. The molecule has 0 radical (unpaired) electrons. The first kappa shape index (κ1) is 29.6. The van der Waals surface area contributed by atoms with Crippen LogP contribution in [0, 0.1) is 18.2 Å². The molecule has 0 spiro atoms. The van der Waals surface area contributed by atoms with Gasteiger partial charge in [-0.3, -0.25) is 9.48 Å². The van der Waals surface area contributed by atoms with E-state index in [-0.39, 0.29) is 24.8 Å². The number of aromatic nitrogens is 2. The number of ether oxygens (including phenoxy) is 1. The zero-order chi connectivity index (χ0) is 30.0. The van der Waals surface area contributed by atoms with Gasteiger partial charge < -0.3 is 25.2 Å². The quantitative estimate of drug-likeness (QED) is 0.380. The molecule has 3 heterocycles. The second-order valence-corrected chi connectivity index (χ2v) is 12.6. The average molecular weight is 577 g/mol. The van der Waals surface area contributed by atoms with Gasteiger partial charge in [-0.2, -0.15) is 5.10 Å². The molecule has 2 N–H and O–H groups in total.